The second kappa shape index (κ2) is 5.40. The summed E-state index contributed by atoms with van der Waals surface area (Å²) < 4.78 is 0. The van der Waals surface area contributed by atoms with Crippen LogP contribution in [0.25, 0.3) is 0 Å². The molecule has 6 nitrogen and oxygen atoms in total. The number of aryl methyl sites for hydroxylation is 1. The summed E-state index contributed by atoms with van der Waals surface area (Å²) in [5, 5.41) is 13.6. The van der Waals surface area contributed by atoms with Crippen molar-refractivity contribution >= 4 is 11.6 Å². The first-order valence-corrected chi connectivity index (χ1v) is 6.79. The Kier molecular flexibility index (Phi) is 3.43. The number of carbonyl (C=O) groups excluding carboxylic acids is 2. The molecule has 0 fully saturated rings. The van der Waals surface area contributed by atoms with Crippen LogP contribution < -0.4 is 0 Å². The molecule has 0 bridgehead atoms. The minimum absolute atomic E-state index is 0.0455. The fourth-order valence-corrected chi connectivity index (χ4v) is 2.56. The van der Waals surface area contributed by atoms with Crippen LogP contribution in [0.1, 0.15) is 46.3 Å². The maximum absolute atomic E-state index is 12.5. The molecule has 1 heterocycles. The van der Waals surface area contributed by atoms with Gasteiger partial charge in [0.25, 0.3) is 0 Å². The summed E-state index contributed by atoms with van der Waals surface area (Å²) in [4.78, 5) is 24.8. The van der Waals surface area contributed by atoms with Gasteiger partial charge in [-0.1, -0.05) is 29.5 Å². The Morgan fingerprint density at radius 3 is 2.43 bits per heavy atom. The number of nitrogens with zero attached hydrogens (tertiary/aromatic N) is 3. The number of benzene rings is 1. The molecule has 1 aromatic carbocycles. The molecular weight excluding hydrogens is 268 g/mol. The third kappa shape index (κ3) is 2.40. The van der Waals surface area contributed by atoms with Crippen molar-refractivity contribution in [3.63, 3.8) is 0 Å². The van der Waals surface area contributed by atoms with E-state index >= 15 is 0 Å². The lowest BCUT2D eigenvalue weighted by Crippen LogP contribution is -2.21. The molecule has 0 aliphatic heterocycles. The fraction of sp³-hybridized carbons (Fsp3) is 0.267. The van der Waals surface area contributed by atoms with Crippen molar-refractivity contribution in [2.24, 2.45) is 0 Å². The zero-order valence-electron chi connectivity index (χ0n) is 11.6. The number of allylic oxidation sites excluding steroid dienone is 2. The molecule has 1 aliphatic carbocycles. The number of hydrogen-bond donors (Lipinski definition) is 1. The van der Waals surface area contributed by atoms with Crippen LogP contribution in [0.15, 0.2) is 35.4 Å². The molecule has 0 atom stereocenters. The van der Waals surface area contributed by atoms with E-state index in [-0.39, 0.29) is 11.6 Å². The first-order valence-electron chi connectivity index (χ1n) is 6.79. The summed E-state index contributed by atoms with van der Waals surface area (Å²) in [7, 11) is 0. The van der Waals surface area contributed by atoms with Crippen molar-refractivity contribution in [1.82, 2.24) is 20.6 Å². The molecule has 2 aromatic rings. The van der Waals surface area contributed by atoms with Crippen LogP contribution in [0.2, 0.25) is 0 Å². The molecule has 0 saturated carbocycles. The quantitative estimate of drug-likeness (QED) is 0.925. The molecule has 3 rings (SSSR count). The third-order valence-corrected chi connectivity index (χ3v) is 3.70. The highest BCUT2D eigenvalue weighted by atomic mass is 16.1. The average Bonchev–Trinajstić information content (AvgIpc) is 3.02. The minimum atomic E-state index is -0.0558. The summed E-state index contributed by atoms with van der Waals surface area (Å²) >= 11 is 0. The lowest BCUT2D eigenvalue weighted by Gasteiger charge is -2.18. The number of tetrazole rings is 1. The van der Waals surface area contributed by atoms with Crippen molar-refractivity contribution < 1.29 is 9.59 Å². The van der Waals surface area contributed by atoms with Crippen LogP contribution in [-0.4, -0.2) is 32.2 Å². The number of rotatable bonds is 4. The average molecular weight is 282 g/mol. The van der Waals surface area contributed by atoms with Gasteiger partial charge in [-0.2, -0.15) is 5.21 Å². The minimum Gasteiger partial charge on any atom is -0.289 e. The van der Waals surface area contributed by atoms with E-state index in [1.165, 1.54) is 0 Å². The van der Waals surface area contributed by atoms with Crippen molar-refractivity contribution in [1.29, 1.82) is 0 Å². The highest BCUT2D eigenvalue weighted by Gasteiger charge is 2.28. The Labute approximate surface area is 121 Å². The predicted molar refractivity (Wildman–Crippen MR) is 74.9 cm³/mol. The van der Waals surface area contributed by atoms with E-state index in [0.29, 0.717) is 47.4 Å². The van der Waals surface area contributed by atoms with E-state index in [0.717, 1.165) is 0 Å². The van der Waals surface area contributed by atoms with Crippen molar-refractivity contribution in [3.8, 4) is 0 Å². The van der Waals surface area contributed by atoms with Gasteiger partial charge >= 0.3 is 0 Å². The van der Waals surface area contributed by atoms with Gasteiger partial charge in [-0.15, -0.1) is 10.2 Å². The number of aromatic nitrogens is 4. The van der Waals surface area contributed by atoms with E-state index in [2.05, 4.69) is 20.6 Å². The topological polar surface area (TPSA) is 88.6 Å². The monoisotopic (exact) mass is 282 g/mol. The zero-order chi connectivity index (χ0) is 14.8. The van der Waals surface area contributed by atoms with E-state index in [4.69, 9.17) is 0 Å². The number of fused-ring (bicyclic) bond motifs is 1. The third-order valence-electron chi connectivity index (χ3n) is 3.70. The molecule has 1 aliphatic rings. The fourth-order valence-electron chi connectivity index (χ4n) is 2.56. The van der Waals surface area contributed by atoms with Crippen LogP contribution >= 0.6 is 0 Å². The molecule has 0 spiro atoms. The second-order valence-corrected chi connectivity index (χ2v) is 4.99. The van der Waals surface area contributed by atoms with Gasteiger partial charge in [0.2, 0.25) is 0 Å². The smallest absolute Gasteiger partial charge is 0.190 e. The van der Waals surface area contributed by atoms with Gasteiger partial charge in [0.05, 0.1) is 0 Å². The van der Waals surface area contributed by atoms with Gasteiger partial charge < -0.3 is 0 Å². The first-order chi connectivity index (χ1) is 10.2. The van der Waals surface area contributed by atoms with Crippen LogP contribution in [0, 0.1) is 0 Å². The Hall–Kier alpha value is -2.63. The molecular formula is C15H14N4O2. The van der Waals surface area contributed by atoms with Gasteiger partial charge in [0.1, 0.15) is 0 Å². The Balaban J connectivity index is 1.80. The van der Waals surface area contributed by atoms with E-state index in [1.54, 1.807) is 31.2 Å². The molecule has 0 saturated heterocycles. The Morgan fingerprint density at radius 1 is 1.05 bits per heavy atom. The number of nitrogens with one attached hydrogen (secondary N) is 1. The molecule has 1 N–H and O–H groups in total. The highest BCUT2D eigenvalue weighted by molar-refractivity contribution is 6.26. The molecule has 1 aromatic heterocycles. The highest BCUT2D eigenvalue weighted by Crippen LogP contribution is 2.28. The Morgan fingerprint density at radius 2 is 1.76 bits per heavy atom. The van der Waals surface area contributed by atoms with Crippen LogP contribution in [0.3, 0.4) is 0 Å². The van der Waals surface area contributed by atoms with E-state index in [9.17, 15) is 9.59 Å². The van der Waals surface area contributed by atoms with Crippen molar-refractivity contribution in [3.05, 3.63) is 52.4 Å². The lowest BCUT2D eigenvalue weighted by molar-refractivity contribution is 0.0971. The standard InChI is InChI=1S/C15H14N4O2/c1-9-10(7-4-8-13-16-18-19-17-13)15(21)12-6-3-2-5-11(12)14(9)20/h2-3,5-6H,4,7-8H2,1H3,(H,16,17,18,19). The summed E-state index contributed by atoms with van der Waals surface area (Å²) in [5.41, 5.74) is 2.15. The molecule has 6 heteroatoms. The lowest BCUT2D eigenvalue weighted by atomic mass is 9.83. The van der Waals surface area contributed by atoms with Gasteiger partial charge in [0, 0.05) is 28.7 Å². The van der Waals surface area contributed by atoms with Gasteiger partial charge in [-0.05, 0) is 19.8 Å². The number of ketones is 2. The van der Waals surface area contributed by atoms with Gasteiger partial charge in [0.15, 0.2) is 17.4 Å². The summed E-state index contributed by atoms with van der Waals surface area (Å²) in [6, 6.07) is 6.97. The van der Waals surface area contributed by atoms with E-state index in [1.807, 2.05) is 0 Å². The summed E-state index contributed by atoms with van der Waals surface area (Å²) in [5.74, 6) is 0.513. The summed E-state index contributed by atoms with van der Waals surface area (Å²) in [6.45, 7) is 1.72. The number of hydrogen-bond acceptors (Lipinski definition) is 5. The molecule has 0 amide bonds. The number of Topliss-reactive ketones (excluding diaryl/α,β-unsaturated/α-hetero) is 2. The first kappa shape index (κ1) is 13.4. The largest absolute Gasteiger partial charge is 0.289 e. The number of H-pyrrole nitrogens is 1. The molecule has 0 unspecified atom stereocenters. The predicted octanol–water partition coefficient (Wildman–Crippen LogP) is 1.92. The van der Waals surface area contributed by atoms with Crippen molar-refractivity contribution in [2.75, 3.05) is 0 Å². The SMILES string of the molecule is CC1=C(CCCc2nn[nH]n2)C(=O)c2ccccc2C1=O. The van der Waals surface area contributed by atoms with Crippen LogP contribution in [-0.2, 0) is 6.42 Å². The number of aromatic amines is 1. The molecule has 21 heavy (non-hydrogen) atoms. The molecule has 0 radical (unpaired) electrons. The Bertz CT molecular complexity index is 732. The zero-order valence-corrected chi connectivity index (χ0v) is 11.6. The van der Waals surface area contributed by atoms with Gasteiger partial charge in [-0.3, -0.25) is 9.59 Å². The van der Waals surface area contributed by atoms with Gasteiger partial charge in [-0.25, -0.2) is 0 Å². The second-order valence-electron chi connectivity index (χ2n) is 4.99. The molecule has 106 valence electrons. The normalized spacial score (nSPS) is 14.5. The van der Waals surface area contributed by atoms with Crippen LogP contribution in [0.5, 0.6) is 0 Å². The van der Waals surface area contributed by atoms with E-state index < -0.39 is 0 Å². The van der Waals surface area contributed by atoms with Crippen LogP contribution in [0.4, 0.5) is 0 Å². The maximum Gasteiger partial charge on any atom is 0.190 e. The van der Waals surface area contributed by atoms with Crippen molar-refractivity contribution in [2.45, 2.75) is 26.2 Å². The maximum atomic E-state index is 12.5. The number of carbonyl (C=O) groups is 2. The summed E-state index contributed by atoms with van der Waals surface area (Å²) in [6.07, 6.45) is 1.86.